The van der Waals surface area contributed by atoms with Crippen LogP contribution in [0.15, 0.2) is 18.6 Å². The second-order valence-electron chi connectivity index (χ2n) is 5.44. The highest BCUT2D eigenvalue weighted by molar-refractivity contribution is 7.15. The number of nitrogen functional groups attached to an aromatic ring is 1. The summed E-state index contributed by atoms with van der Waals surface area (Å²) >= 11 is 1.35. The lowest BCUT2D eigenvalue weighted by Gasteiger charge is -2.32. The first kappa shape index (κ1) is 15.6. The lowest BCUT2D eigenvalue weighted by molar-refractivity contribution is 0.179. The van der Waals surface area contributed by atoms with E-state index < -0.39 is 0 Å². The Kier molecular flexibility index (Phi) is 4.96. The van der Waals surface area contributed by atoms with Gasteiger partial charge in [-0.2, -0.15) is 0 Å². The highest BCUT2D eigenvalue weighted by Gasteiger charge is 2.25. The van der Waals surface area contributed by atoms with Crippen molar-refractivity contribution in [3.05, 3.63) is 29.3 Å². The van der Waals surface area contributed by atoms with E-state index >= 15 is 0 Å². The predicted octanol–water partition coefficient (Wildman–Crippen LogP) is 1.04. The molecule has 3 N–H and O–H groups in total. The van der Waals surface area contributed by atoms with Crippen molar-refractivity contribution in [2.75, 3.05) is 25.4 Å². The van der Waals surface area contributed by atoms with E-state index in [0.717, 1.165) is 30.1 Å². The normalized spacial score (nSPS) is 17.9. The van der Waals surface area contributed by atoms with Crippen molar-refractivity contribution in [1.82, 2.24) is 30.4 Å². The SMILES string of the molecule is Nc1nnc(CCNC(=O)N2CCC[C@@H](c3ccncn3)C2)s1. The van der Waals surface area contributed by atoms with E-state index in [1.54, 1.807) is 12.5 Å². The second-order valence-corrected chi connectivity index (χ2v) is 6.53. The molecule has 1 aliphatic rings. The van der Waals surface area contributed by atoms with Crippen molar-refractivity contribution >= 4 is 22.5 Å². The molecule has 0 bridgehead atoms. The van der Waals surface area contributed by atoms with Gasteiger partial charge < -0.3 is 16.0 Å². The average Bonchev–Trinajstić information content (AvgIpc) is 3.01. The molecule has 2 aromatic rings. The molecular weight excluding hydrogens is 314 g/mol. The second kappa shape index (κ2) is 7.32. The molecule has 0 unspecified atom stereocenters. The third-order valence-corrected chi connectivity index (χ3v) is 4.64. The van der Waals surface area contributed by atoms with Crippen LogP contribution in [0.5, 0.6) is 0 Å². The number of carbonyl (C=O) groups excluding carboxylic acids is 1. The maximum absolute atomic E-state index is 12.3. The summed E-state index contributed by atoms with van der Waals surface area (Å²) in [5, 5.41) is 11.9. The van der Waals surface area contributed by atoms with Crippen LogP contribution in [0, 0.1) is 0 Å². The first-order valence-electron chi connectivity index (χ1n) is 7.59. The van der Waals surface area contributed by atoms with Crippen LogP contribution in [0.1, 0.15) is 29.5 Å². The molecule has 2 amide bonds. The highest BCUT2D eigenvalue weighted by atomic mass is 32.1. The van der Waals surface area contributed by atoms with E-state index in [4.69, 9.17) is 5.73 Å². The third kappa shape index (κ3) is 4.13. The highest BCUT2D eigenvalue weighted by Crippen LogP contribution is 2.24. The zero-order valence-corrected chi connectivity index (χ0v) is 13.5. The Hall–Kier alpha value is -2.29. The standard InChI is InChI=1S/C14H19N7OS/c15-13-20-19-12(23-13)4-6-17-14(22)21-7-1-2-10(8-21)11-3-5-16-9-18-11/h3,5,9-10H,1-2,4,6-8H2,(H2,15,20)(H,17,22)/t10-/m1/s1. The van der Waals surface area contributed by atoms with Gasteiger partial charge >= 0.3 is 6.03 Å². The zero-order valence-electron chi connectivity index (χ0n) is 12.7. The molecule has 122 valence electrons. The van der Waals surface area contributed by atoms with E-state index in [9.17, 15) is 4.79 Å². The minimum atomic E-state index is -0.0405. The number of nitrogens with two attached hydrogens (primary N) is 1. The summed E-state index contributed by atoms with van der Waals surface area (Å²) in [7, 11) is 0. The van der Waals surface area contributed by atoms with Crippen molar-refractivity contribution in [3.63, 3.8) is 0 Å². The zero-order chi connectivity index (χ0) is 16.1. The number of urea groups is 1. The summed E-state index contributed by atoms with van der Waals surface area (Å²) in [5.74, 6) is 0.278. The van der Waals surface area contributed by atoms with Gasteiger partial charge in [-0.05, 0) is 18.9 Å². The number of carbonyl (C=O) groups is 1. The summed E-state index contributed by atoms with van der Waals surface area (Å²) in [4.78, 5) is 22.4. The first-order valence-corrected chi connectivity index (χ1v) is 8.40. The van der Waals surface area contributed by atoms with E-state index in [-0.39, 0.29) is 11.9 Å². The molecule has 1 fully saturated rings. The summed E-state index contributed by atoms with van der Waals surface area (Å²) in [6, 6.07) is 1.88. The van der Waals surface area contributed by atoms with Gasteiger partial charge in [-0.15, -0.1) is 10.2 Å². The number of nitrogens with one attached hydrogen (secondary N) is 1. The molecule has 1 aliphatic heterocycles. The van der Waals surface area contributed by atoms with Crippen LogP contribution in [0.3, 0.4) is 0 Å². The van der Waals surface area contributed by atoms with Gasteiger partial charge in [0.2, 0.25) is 5.13 Å². The van der Waals surface area contributed by atoms with Gasteiger partial charge in [-0.3, -0.25) is 0 Å². The molecule has 8 nitrogen and oxygen atoms in total. The molecule has 0 spiro atoms. The van der Waals surface area contributed by atoms with Crippen LogP contribution in [-0.2, 0) is 6.42 Å². The lowest BCUT2D eigenvalue weighted by Crippen LogP contribution is -2.45. The number of rotatable bonds is 4. The van der Waals surface area contributed by atoms with Gasteiger partial charge in [0.25, 0.3) is 0 Å². The summed E-state index contributed by atoms with van der Waals surface area (Å²) in [6.07, 6.45) is 5.97. The van der Waals surface area contributed by atoms with Gasteiger partial charge in [-0.25, -0.2) is 14.8 Å². The Morgan fingerprint density at radius 2 is 2.39 bits per heavy atom. The van der Waals surface area contributed by atoms with Gasteiger partial charge in [0, 0.05) is 43.9 Å². The molecule has 23 heavy (non-hydrogen) atoms. The molecule has 0 aromatic carbocycles. The first-order chi connectivity index (χ1) is 11.2. The molecule has 3 rings (SSSR count). The van der Waals surface area contributed by atoms with E-state index in [1.165, 1.54) is 11.3 Å². The Morgan fingerprint density at radius 3 is 3.13 bits per heavy atom. The van der Waals surface area contributed by atoms with Gasteiger partial charge in [0.05, 0.1) is 0 Å². The molecular formula is C14H19N7OS. The number of anilines is 1. The van der Waals surface area contributed by atoms with Gasteiger partial charge in [0.1, 0.15) is 11.3 Å². The Bertz CT molecular complexity index is 648. The van der Waals surface area contributed by atoms with Crippen molar-refractivity contribution < 1.29 is 4.79 Å². The lowest BCUT2D eigenvalue weighted by atomic mass is 9.95. The summed E-state index contributed by atoms with van der Waals surface area (Å²) in [5.41, 5.74) is 6.54. The van der Waals surface area contributed by atoms with Crippen LogP contribution < -0.4 is 11.1 Å². The van der Waals surface area contributed by atoms with Gasteiger partial charge in [0.15, 0.2) is 0 Å². The van der Waals surface area contributed by atoms with Gasteiger partial charge in [-0.1, -0.05) is 11.3 Å². The molecule has 2 aromatic heterocycles. The van der Waals surface area contributed by atoms with Crippen molar-refractivity contribution in [2.45, 2.75) is 25.2 Å². The maximum Gasteiger partial charge on any atom is 0.317 e. The Balaban J connectivity index is 1.49. The van der Waals surface area contributed by atoms with Crippen LogP contribution in [0.4, 0.5) is 9.93 Å². The number of nitrogens with zero attached hydrogens (tertiary/aromatic N) is 5. The predicted molar refractivity (Wildman–Crippen MR) is 87.0 cm³/mol. The van der Waals surface area contributed by atoms with Crippen LogP contribution in [-0.4, -0.2) is 50.7 Å². The monoisotopic (exact) mass is 333 g/mol. The summed E-state index contributed by atoms with van der Waals surface area (Å²) < 4.78 is 0. The van der Waals surface area contributed by atoms with Crippen LogP contribution in [0.25, 0.3) is 0 Å². The Labute approximate surface area is 138 Å². The minimum Gasteiger partial charge on any atom is -0.374 e. The number of aromatic nitrogens is 4. The number of piperidine rings is 1. The quantitative estimate of drug-likeness (QED) is 0.865. The van der Waals surface area contributed by atoms with Crippen LogP contribution >= 0.6 is 11.3 Å². The molecule has 9 heteroatoms. The van der Waals surface area contributed by atoms with Crippen molar-refractivity contribution in [3.8, 4) is 0 Å². The number of hydrogen-bond donors (Lipinski definition) is 2. The van der Waals surface area contributed by atoms with Crippen molar-refractivity contribution in [1.29, 1.82) is 0 Å². The molecule has 1 saturated heterocycles. The third-order valence-electron chi connectivity index (χ3n) is 3.83. The molecule has 3 heterocycles. The Morgan fingerprint density at radius 1 is 1.48 bits per heavy atom. The van der Waals surface area contributed by atoms with E-state index in [1.807, 2.05) is 11.0 Å². The minimum absolute atomic E-state index is 0.0405. The fraction of sp³-hybridized carbons (Fsp3) is 0.500. The van der Waals surface area contributed by atoms with E-state index in [0.29, 0.717) is 24.6 Å². The largest absolute Gasteiger partial charge is 0.374 e. The average molecular weight is 333 g/mol. The number of likely N-dealkylation sites (tertiary alicyclic amines) is 1. The fourth-order valence-electron chi connectivity index (χ4n) is 2.70. The maximum atomic E-state index is 12.3. The topological polar surface area (TPSA) is 110 Å². The smallest absolute Gasteiger partial charge is 0.317 e. The van der Waals surface area contributed by atoms with E-state index in [2.05, 4.69) is 25.5 Å². The molecule has 1 atom stereocenters. The number of hydrogen-bond acceptors (Lipinski definition) is 7. The number of amides is 2. The molecule has 0 radical (unpaired) electrons. The molecule has 0 aliphatic carbocycles. The van der Waals surface area contributed by atoms with Crippen molar-refractivity contribution in [2.24, 2.45) is 0 Å². The van der Waals surface area contributed by atoms with Crippen LogP contribution in [0.2, 0.25) is 0 Å². The fourth-order valence-corrected chi connectivity index (χ4v) is 3.31. The molecule has 0 saturated carbocycles. The summed E-state index contributed by atoms with van der Waals surface area (Å²) in [6.45, 7) is 2.00.